The maximum Gasteiger partial charge on any atom is 0.144 e. The molecule has 0 fully saturated rings. The highest BCUT2D eigenvalue weighted by Crippen LogP contribution is 2.18. The van der Waals surface area contributed by atoms with Crippen molar-refractivity contribution in [3.8, 4) is 0 Å². The molecule has 0 saturated carbocycles. The van der Waals surface area contributed by atoms with Crippen molar-refractivity contribution in [3.05, 3.63) is 58.3 Å². The number of carbonyl (C=O) groups excluding carboxylic acids is 1. The molecule has 1 aromatic heterocycles. The second-order valence-corrected chi connectivity index (χ2v) is 4.69. The second-order valence-electron chi connectivity index (χ2n) is 3.91. The van der Waals surface area contributed by atoms with Crippen molar-refractivity contribution >= 4 is 17.1 Å². The van der Waals surface area contributed by atoms with E-state index in [1.807, 2.05) is 54.1 Å². The molecule has 1 atom stereocenters. The molecule has 1 unspecified atom stereocenters. The third-order valence-electron chi connectivity index (χ3n) is 2.74. The summed E-state index contributed by atoms with van der Waals surface area (Å²) >= 11 is 1.64. The van der Waals surface area contributed by atoms with Crippen molar-refractivity contribution in [2.45, 2.75) is 19.3 Å². The third-order valence-corrected chi connectivity index (χ3v) is 3.47. The normalized spacial score (nSPS) is 12.3. The maximum atomic E-state index is 12.0. The van der Waals surface area contributed by atoms with E-state index >= 15 is 0 Å². The van der Waals surface area contributed by atoms with Crippen LogP contribution in [0.4, 0.5) is 0 Å². The predicted molar refractivity (Wildman–Crippen MR) is 67.9 cm³/mol. The van der Waals surface area contributed by atoms with Crippen LogP contribution >= 0.6 is 11.3 Å². The molecule has 2 rings (SSSR count). The van der Waals surface area contributed by atoms with E-state index in [4.69, 9.17) is 0 Å². The number of hydrogen-bond acceptors (Lipinski definition) is 2. The van der Waals surface area contributed by atoms with Crippen molar-refractivity contribution in [2.24, 2.45) is 0 Å². The Kier molecular flexibility index (Phi) is 3.52. The first kappa shape index (κ1) is 11.1. The van der Waals surface area contributed by atoms with Crippen LogP contribution in [0, 0.1) is 0 Å². The quantitative estimate of drug-likeness (QED) is 0.783. The van der Waals surface area contributed by atoms with E-state index in [1.165, 1.54) is 0 Å². The fourth-order valence-corrected chi connectivity index (χ4v) is 2.34. The molecule has 1 aromatic carbocycles. The molecular formula is C14H14OS. The minimum Gasteiger partial charge on any atom is -0.299 e. The summed E-state index contributed by atoms with van der Waals surface area (Å²) in [6, 6.07) is 12.0. The van der Waals surface area contributed by atoms with Gasteiger partial charge in [0.15, 0.2) is 0 Å². The second kappa shape index (κ2) is 5.08. The predicted octanol–water partition coefficient (Wildman–Crippen LogP) is 3.66. The summed E-state index contributed by atoms with van der Waals surface area (Å²) in [5.74, 6) is 0.269. The summed E-state index contributed by atoms with van der Waals surface area (Å²) in [5, 5.41) is 4.05. The fraction of sp³-hybridized carbons (Fsp3) is 0.214. The molecular weight excluding hydrogens is 216 g/mol. The molecule has 16 heavy (non-hydrogen) atoms. The number of benzene rings is 1. The lowest BCUT2D eigenvalue weighted by molar-refractivity contribution is -0.119. The van der Waals surface area contributed by atoms with Crippen LogP contribution in [0.25, 0.3) is 0 Å². The molecule has 0 N–H and O–H groups in total. The SMILES string of the molecule is CC(C(=O)Cc1ccsc1)c1ccccc1. The van der Waals surface area contributed by atoms with E-state index < -0.39 is 0 Å². The van der Waals surface area contributed by atoms with Crippen molar-refractivity contribution in [3.63, 3.8) is 0 Å². The van der Waals surface area contributed by atoms with Gasteiger partial charge in [0.05, 0.1) is 0 Å². The topological polar surface area (TPSA) is 17.1 Å². The largest absolute Gasteiger partial charge is 0.299 e. The summed E-state index contributed by atoms with van der Waals surface area (Å²) in [7, 11) is 0. The Bertz CT molecular complexity index is 445. The Labute approximate surface area is 99.8 Å². The maximum absolute atomic E-state index is 12.0. The summed E-state index contributed by atoms with van der Waals surface area (Å²) in [4.78, 5) is 12.0. The highest BCUT2D eigenvalue weighted by Gasteiger charge is 2.15. The first-order chi connectivity index (χ1) is 7.77. The van der Waals surface area contributed by atoms with E-state index in [2.05, 4.69) is 0 Å². The van der Waals surface area contributed by atoms with Gasteiger partial charge in [0, 0.05) is 12.3 Å². The van der Waals surface area contributed by atoms with Gasteiger partial charge < -0.3 is 0 Å². The number of Topliss-reactive ketones (excluding diaryl/α,β-unsaturated/α-hetero) is 1. The lowest BCUT2D eigenvalue weighted by atomic mass is 9.93. The molecule has 0 aliphatic heterocycles. The Morgan fingerprint density at radius 2 is 2.00 bits per heavy atom. The van der Waals surface area contributed by atoms with E-state index in [-0.39, 0.29) is 11.7 Å². The molecule has 2 aromatic rings. The zero-order valence-corrected chi connectivity index (χ0v) is 10.0. The number of rotatable bonds is 4. The van der Waals surface area contributed by atoms with Crippen LogP contribution < -0.4 is 0 Å². The van der Waals surface area contributed by atoms with Gasteiger partial charge in [0.1, 0.15) is 5.78 Å². The Morgan fingerprint density at radius 1 is 1.25 bits per heavy atom. The molecule has 82 valence electrons. The van der Waals surface area contributed by atoms with Gasteiger partial charge in [-0.2, -0.15) is 11.3 Å². The lowest BCUT2D eigenvalue weighted by Gasteiger charge is -2.09. The van der Waals surface area contributed by atoms with E-state index in [0.717, 1.165) is 11.1 Å². The molecule has 0 bridgehead atoms. The van der Waals surface area contributed by atoms with Gasteiger partial charge in [-0.25, -0.2) is 0 Å². The van der Waals surface area contributed by atoms with Crippen LogP contribution in [0.15, 0.2) is 47.2 Å². The standard InChI is InChI=1S/C14H14OS/c1-11(13-5-3-2-4-6-13)14(15)9-12-7-8-16-10-12/h2-8,10-11H,9H2,1H3. The van der Waals surface area contributed by atoms with Gasteiger partial charge in [0.2, 0.25) is 0 Å². The van der Waals surface area contributed by atoms with Gasteiger partial charge in [-0.1, -0.05) is 37.3 Å². The number of thiophene rings is 1. The summed E-state index contributed by atoms with van der Waals surface area (Å²) < 4.78 is 0. The number of carbonyl (C=O) groups is 1. The van der Waals surface area contributed by atoms with Crippen LogP contribution in [0.5, 0.6) is 0 Å². The van der Waals surface area contributed by atoms with Crippen LogP contribution in [-0.4, -0.2) is 5.78 Å². The average molecular weight is 230 g/mol. The smallest absolute Gasteiger partial charge is 0.144 e. The molecule has 1 heterocycles. The Hall–Kier alpha value is -1.41. The molecule has 1 nitrogen and oxygen atoms in total. The average Bonchev–Trinajstić information content (AvgIpc) is 2.82. The molecule has 2 heteroatoms. The molecule has 0 radical (unpaired) electrons. The van der Waals surface area contributed by atoms with Crippen LogP contribution in [0.2, 0.25) is 0 Å². The minimum absolute atomic E-state index is 0.0129. The molecule has 0 aliphatic rings. The van der Waals surface area contributed by atoms with Crippen LogP contribution in [0.3, 0.4) is 0 Å². The van der Waals surface area contributed by atoms with E-state index in [9.17, 15) is 4.79 Å². The fourth-order valence-electron chi connectivity index (χ4n) is 1.68. The van der Waals surface area contributed by atoms with Crippen molar-refractivity contribution in [1.82, 2.24) is 0 Å². The summed E-state index contributed by atoms with van der Waals surface area (Å²) in [6.07, 6.45) is 0.541. The van der Waals surface area contributed by atoms with Gasteiger partial charge in [-0.3, -0.25) is 4.79 Å². The molecule has 0 aliphatic carbocycles. The van der Waals surface area contributed by atoms with Gasteiger partial charge in [-0.15, -0.1) is 0 Å². The third kappa shape index (κ3) is 2.58. The van der Waals surface area contributed by atoms with Gasteiger partial charge in [0.25, 0.3) is 0 Å². The summed E-state index contributed by atoms with van der Waals surface area (Å²) in [6.45, 7) is 1.98. The number of ketones is 1. The molecule has 0 amide bonds. The first-order valence-corrected chi connectivity index (χ1v) is 6.30. The van der Waals surface area contributed by atoms with Gasteiger partial charge >= 0.3 is 0 Å². The molecule has 0 spiro atoms. The van der Waals surface area contributed by atoms with Crippen LogP contribution in [-0.2, 0) is 11.2 Å². The monoisotopic (exact) mass is 230 g/mol. The van der Waals surface area contributed by atoms with Crippen molar-refractivity contribution < 1.29 is 4.79 Å². The van der Waals surface area contributed by atoms with Crippen molar-refractivity contribution in [1.29, 1.82) is 0 Å². The Balaban J connectivity index is 2.05. The van der Waals surface area contributed by atoms with Gasteiger partial charge in [-0.05, 0) is 28.0 Å². The molecule has 0 saturated heterocycles. The minimum atomic E-state index is -0.0129. The lowest BCUT2D eigenvalue weighted by Crippen LogP contribution is -2.11. The van der Waals surface area contributed by atoms with E-state index in [1.54, 1.807) is 11.3 Å². The highest BCUT2D eigenvalue weighted by molar-refractivity contribution is 7.07. The summed E-state index contributed by atoms with van der Waals surface area (Å²) in [5.41, 5.74) is 2.22. The van der Waals surface area contributed by atoms with E-state index in [0.29, 0.717) is 6.42 Å². The zero-order valence-electron chi connectivity index (χ0n) is 9.22. The van der Waals surface area contributed by atoms with Crippen LogP contribution in [0.1, 0.15) is 24.0 Å². The first-order valence-electron chi connectivity index (χ1n) is 5.36. The van der Waals surface area contributed by atoms with Crippen molar-refractivity contribution in [2.75, 3.05) is 0 Å². The Morgan fingerprint density at radius 3 is 2.62 bits per heavy atom. The highest BCUT2D eigenvalue weighted by atomic mass is 32.1. The zero-order chi connectivity index (χ0) is 11.4. The number of hydrogen-bond donors (Lipinski definition) is 0.